The van der Waals surface area contributed by atoms with Crippen LogP contribution in [0.1, 0.15) is 37.9 Å². The van der Waals surface area contributed by atoms with Crippen molar-refractivity contribution < 1.29 is 31.9 Å². The van der Waals surface area contributed by atoms with Crippen molar-refractivity contribution in [1.29, 1.82) is 0 Å². The first-order valence-electron chi connectivity index (χ1n) is 14.0. The lowest BCUT2D eigenvalue weighted by atomic mass is 10.0. The third-order valence-corrected chi connectivity index (χ3v) is 8.02. The average Bonchev–Trinajstić information content (AvgIpc) is 2.97. The number of phenols is 1. The van der Waals surface area contributed by atoms with Crippen molar-refractivity contribution in [2.24, 2.45) is 0 Å². The molecule has 1 fully saturated rings. The summed E-state index contributed by atoms with van der Waals surface area (Å²) in [6.07, 6.45) is -2.38. The van der Waals surface area contributed by atoms with Crippen LogP contribution in [0.25, 0.3) is 28.0 Å². The molecule has 4 aromatic rings. The maximum absolute atomic E-state index is 15.9. The maximum Gasteiger partial charge on any atom is 0.397 e. The van der Waals surface area contributed by atoms with Crippen molar-refractivity contribution in [1.82, 2.24) is 24.4 Å². The van der Waals surface area contributed by atoms with Gasteiger partial charge in [-0.1, -0.05) is 12.6 Å². The normalized spacial score (nSPS) is 17.9. The lowest BCUT2D eigenvalue weighted by Gasteiger charge is -2.44. The van der Waals surface area contributed by atoms with E-state index in [9.17, 15) is 32.3 Å². The summed E-state index contributed by atoms with van der Waals surface area (Å²) in [5.74, 6) is -5.19. The van der Waals surface area contributed by atoms with Crippen molar-refractivity contribution in [2.75, 3.05) is 18.0 Å². The first-order valence-corrected chi connectivity index (χ1v) is 14.0. The molecule has 0 unspecified atom stereocenters. The second-order valence-corrected chi connectivity index (χ2v) is 11.0. The summed E-state index contributed by atoms with van der Waals surface area (Å²) in [5, 5.41) is 10.4. The summed E-state index contributed by atoms with van der Waals surface area (Å²) in [4.78, 5) is 42.1. The number of hydrogen-bond acceptors (Lipinski definition) is 7. The number of phenolic OH excluding ortho intramolecular Hbond substituents is 1. The zero-order valence-corrected chi connectivity index (χ0v) is 24.7. The topological polar surface area (TPSA) is 104 Å². The van der Waals surface area contributed by atoms with Gasteiger partial charge in [0.25, 0.3) is 0 Å². The first kappa shape index (κ1) is 31.5. The molecule has 14 heteroatoms. The van der Waals surface area contributed by atoms with Gasteiger partial charge in [0.15, 0.2) is 11.5 Å². The Labute approximate surface area is 254 Å². The zero-order valence-electron chi connectivity index (χ0n) is 24.7. The van der Waals surface area contributed by atoms with Crippen LogP contribution in [0.2, 0.25) is 0 Å². The molecular formula is C31H29F5N6O3. The number of fused-ring (bicyclic) bond motifs is 1. The van der Waals surface area contributed by atoms with Crippen molar-refractivity contribution in [3.8, 4) is 22.7 Å². The van der Waals surface area contributed by atoms with E-state index in [1.165, 1.54) is 31.3 Å². The first-order chi connectivity index (χ1) is 21.1. The molecule has 45 heavy (non-hydrogen) atoms. The van der Waals surface area contributed by atoms with Gasteiger partial charge in [0.1, 0.15) is 23.1 Å². The Morgan fingerprint density at radius 2 is 1.82 bits per heavy atom. The standard InChI is InChI=1S/C31H29F5N6O3/c1-6-23(44)40-13-17(4)41(14-16(40)3)28-19-12-21(33)26(24-20(32)8-7-9-22(24)43)38-29(19)42(30(45)39-28)27-15(2)10-11-37-25(27)18(5)31(34,35)36/h6-12,16-18,43H,1,13-14H2,2-5H3/t16-,17+,18-/m1/s1. The summed E-state index contributed by atoms with van der Waals surface area (Å²) >= 11 is 0. The van der Waals surface area contributed by atoms with E-state index in [4.69, 9.17) is 0 Å². The van der Waals surface area contributed by atoms with Crippen molar-refractivity contribution in [3.05, 3.63) is 82.6 Å². The lowest BCUT2D eigenvalue weighted by molar-refractivity contribution is -0.147. The van der Waals surface area contributed by atoms with Crippen molar-refractivity contribution >= 4 is 22.8 Å². The minimum atomic E-state index is -4.74. The number of hydrogen-bond donors (Lipinski definition) is 1. The number of benzene rings is 1. The summed E-state index contributed by atoms with van der Waals surface area (Å²) < 4.78 is 73.6. The number of carbonyl (C=O) groups is 1. The molecule has 1 aromatic carbocycles. The molecule has 0 saturated carbocycles. The van der Waals surface area contributed by atoms with E-state index < -0.39 is 64.2 Å². The van der Waals surface area contributed by atoms with E-state index in [1.807, 2.05) is 0 Å². The Morgan fingerprint density at radius 1 is 1.11 bits per heavy atom. The molecule has 1 N–H and O–H groups in total. The Bertz CT molecular complexity index is 1870. The highest BCUT2D eigenvalue weighted by Gasteiger charge is 2.41. The number of piperazine rings is 1. The molecule has 3 atom stereocenters. The van der Waals surface area contributed by atoms with Gasteiger partial charge >= 0.3 is 11.9 Å². The molecule has 0 aliphatic carbocycles. The van der Waals surface area contributed by atoms with E-state index in [-0.39, 0.29) is 47.1 Å². The van der Waals surface area contributed by atoms with Crippen LogP contribution in [0.5, 0.6) is 5.75 Å². The summed E-state index contributed by atoms with van der Waals surface area (Å²) in [6.45, 7) is 9.78. The van der Waals surface area contributed by atoms with Crippen LogP contribution in [0.3, 0.4) is 0 Å². The van der Waals surface area contributed by atoms with Gasteiger partial charge in [-0.15, -0.1) is 0 Å². The molecule has 0 bridgehead atoms. The van der Waals surface area contributed by atoms with E-state index in [0.29, 0.717) is 0 Å². The number of nitrogens with zero attached hydrogens (tertiary/aromatic N) is 6. The Morgan fingerprint density at radius 3 is 2.47 bits per heavy atom. The lowest BCUT2D eigenvalue weighted by Crippen LogP contribution is -2.58. The van der Waals surface area contributed by atoms with Crippen LogP contribution in [-0.4, -0.2) is 66.8 Å². The SMILES string of the molecule is C=CC(=O)N1C[C@H](C)N(c2nc(=O)n(-c3c(C)ccnc3[C@@H](C)C(F)(F)F)c3nc(-c4c(O)cccc4F)c(F)cc23)C[C@H]1C. The van der Waals surface area contributed by atoms with Crippen LogP contribution >= 0.6 is 0 Å². The highest BCUT2D eigenvalue weighted by Crippen LogP contribution is 2.39. The van der Waals surface area contributed by atoms with Gasteiger partial charge in [0.2, 0.25) is 5.91 Å². The summed E-state index contributed by atoms with van der Waals surface area (Å²) in [7, 11) is 0. The molecule has 1 aliphatic rings. The second-order valence-electron chi connectivity index (χ2n) is 11.0. The fourth-order valence-electron chi connectivity index (χ4n) is 5.63. The number of anilines is 1. The van der Waals surface area contributed by atoms with Crippen LogP contribution in [0.4, 0.5) is 27.8 Å². The largest absolute Gasteiger partial charge is 0.507 e. The Hall–Kier alpha value is -4.88. The smallest absolute Gasteiger partial charge is 0.397 e. The predicted octanol–water partition coefficient (Wildman–Crippen LogP) is 5.41. The number of pyridine rings is 2. The van der Waals surface area contributed by atoms with Gasteiger partial charge in [-0.3, -0.25) is 9.78 Å². The third-order valence-electron chi connectivity index (χ3n) is 8.02. The average molecular weight is 629 g/mol. The second kappa shape index (κ2) is 11.6. The molecule has 236 valence electrons. The van der Waals surface area contributed by atoms with Gasteiger partial charge in [-0.2, -0.15) is 18.2 Å². The number of rotatable bonds is 5. The predicted molar refractivity (Wildman–Crippen MR) is 157 cm³/mol. The fourth-order valence-corrected chi connectivity index (χ4v) is 5.63. The Kier molecular flexibility index (Phi) is 8.10. The van der Waals surface area contributed by atoms with Gasteiger partial charge in [0, 0.05) is 31.4 Å². The number of amides is 1. The molecule has 1 saturated heterocycles. The number of alkyl halides is 3. The number of aromatic hydroxyl groups is 1. The number of aromatic nitrogens is 4. The van der Waals surface area contributed by atoms with Crippen molar-refractivity contribution in [3.63, 3.8) is 0 Å². The van der Waals surface area contributed by atoms with Crippen LogP contribution in [0.15, 0.2) is 54.0 Å². The molecule has 4 heterocycles. The van der Waals surface area contributed by atoms with E-state index in [1.54, 1.807) is 23.6 Å². The van der Waals surface area contributed by atoms with Crippen LogP contribution < -0.4 is 10.6 Å². The Balaban J connectivity index is 1.86. The van der Waals surface area contributed by atoms with Gasteiger partial charge in [-0.05, 0) is 63.6 Å². The molecule has 9 nitrogen and oxygen atoms in total. The van der Waals surface area contributed by atoms with Gasteiger partial charge in [0.05, 0.1) is 28.2 Å². The molecule has 1 amide bonds. The monoisotopic (exact) mass is 628 g/mol. The summed E-state index contributed by atoms with van der Waals surface area (Å²) in [6, 6.07) is 4.82. The zero-order chi connectivity index (χ0) is 33.0. The molecule has 1 aliphatic heterocycles. The minimum Gasteiger partial charge on any atom is -0.507 e. The summed E-state index contributed by atoms with van der Waals surface area (Å²) in [5.41, 5.74) is -3.19. The molecule has 0 spiro atoms. The van der Waals surface area contributed by atoms with E-state index >= 15 is 4.39 Å². The van der Waals surface area contributed by atoms with Crippen LogP contribution in [-0.2, 0) is 4.79 Å². The van der Waals surface area contributed by atoms with E-state index in [2.05, 4.69) is 21.5 Å². The fraction of sp³-hybridized carbons (Fsp3) is 0.323. The van der Waals surface area contributed by atoms with Gasteiger partial charge < -0.3 is 14.9 Å². The van der Waals surface area contributed by atoms with Gasteiger partial charge in [-0.25, -0.2) is 23.1 Å². The highest BCUT2D eigenvalue weighted by molar-refractivity contribution is 5.91. The molecule has 3 aromatic heterocycles. The van der Waals surface area contributed by atoms with Crippen LogP contribution in [0, 0.1) is 18.6 Å². The molecular weight excluding hydrogens is 599 g/mol. The highest BCUT2D eigenvalue weighted by atomic mass is 19.4. The number of carbonyl (C=O) groups excluding carboxylic acids is 1. The number of aryl methyl sites for hydroxylation is 1. The molecule has 5 rings (SSSR count). The number of halogens is 5. The minimum absolute atomic E-state index is 0.0287. The maximum atomic E-state index is 15.9. The third kappa shape index (κ3) is 5.49. The van der Waals surface area contributed by atoms with Crippen molar-refractivity contribution in [2.45, 2.75) is 51.9 Å². The van der Waals surface area contributed by atoms with E-state index in [0.717, 1.165) is 29.7 Å². The molecule has 0 radical (unpaired) electrons. The quantitative estimate of drug-likeness (QED) is 0.233.